The summed E-state index contributed by atoms with van der Waals surface area (Å²) >= 11 is 7.65. The first kappa shape index (κ1) is 20.7. The van der Waals surface area contributed by atoms with E-state index in [0.29, 0.717) is 28.2 Å². The maximum Gasteiger partial charge on any atom is 0.331 e. The average Bonchev–Trinajstić information content (AvgIpc) is 3.31. The van der Waals surface area contributed by atoms with Crippen LogP contribution in [0.3, 0.4) is 0 Å². The number of nitrogens with zero attached hydrogens (tertiary/aromatic N) is 5. The third-order valence-electron chi connectivity index (χ3n) is 6.22. The van der Waals surface area contributed by atoms with Crippen molar-refractivity contribution in [1.82, 2.24) is 18.7 Å². The monoisotopic (exact) mass is 465 g/mol. The van der Waals surface area contributed by atoms with Crippen LogP contribution in [0.25, 0.3) is 22.2 Å². The largest absolute Gasteiger partial charge is 0.341 e. The summed E-state index contributed by atoms with van der Waals surface area (Å²) in [6.45, 7) is 0.711. The summed E-state index contributed by atoms with van der Waals surface area (Å²) in [5, 5.41) is 13.1. The van der Waals surface area contributed by atoms with Crippen LogP contribution in [0.5, 0.6) is 0 Å². The van der Waals surface area contributed by atoms with Crippen molar-refractivity contribution in [2.24, 2.45) is 14.1 Å². The van der Waals surface area contributed by atoms with Crippen LogP contribution in [0.4, 0.5) is 0 Å². The first-order valence-corrected chi connectivity index (χ1v) is 11.6. The molecule has 32 heavy (non-hydrogen) atoms. The van der Waals surface area contributed by atoms with Crippen LogP contribution in [0, 0.1) is 11.3 Å². The lowest BCUT2D eigenvalue weighted by Gasteiger charge is -2.16. The summed E-state index contributed by atoms with van der Waals surface area (Å²) in [6.07, 6.45) is 2.77. The molecule has 1 aliphatic rings. The molecule has 0 bridgehead atoms. The van der Waals surface area contributed by atoms with Crippen molar-refractivity contribution in [3.63, 3.8) is 0 Å². The van der Waals surface area contributed by atoms with E-state index in [0.717, 1.165) is 45.8 Å². The molecule has 0 N–H and O–H groups in total. The van der Waals surface area contributed by atoms with Gasteiger partial charge in [0.15, 0.2) is 0 Å². The van der Waals surface area contributed by atoms with Gasteiger partial charge in [0.25, 0.3) is 5.56 Å². The number of halogens is 1. The van der Waals surface area contributed by atoms with E-state index in [4.69, 9.17) is 11.6 Å². The van der Waals surface area contributed by atoms with Crippen molar-refractivity contribution in [3.8, 4) is 17.3 Å². The van der Waals surface area contributed by atoms with Gasteiger partial charge in [-0.1, -0.05) is 30.2 Å². The van der Waals surface area contributed by atoms with Crippen LogP contribution in [0.2, 0.25) is 5.15 Å². The third kappa shape index (κ3) is 3.04. The molecule has 0 radical (unpaired) electrons. The Kier molecular flexibility index (Phi) is 5.03. The molecule has 0 aliphatic carbocycles. The van der Waals surface area contributed by atoms with Gasteiger partial charge in [-0.15, -0.1) is 11.3 Å². The molecule has 4 aromatic rings. The normalized spacial score (nSPS) is 16.0. The molecule has 9 heteroatoms. The third-order valence-corrected chi connectivity index (χ3v) is 7.50. The molecule has 0 saturated carbocycles. The van der Waals surface area contributed by atoms with Crippen LogP contribution < -0.4 is 11.2 Å². The summed E-state index contributed by atoms with van der Waals surface area (Å²) in [5.41, 5.74) is 2.90. The molecule has 3 aromatic heterocycles. The molecule has 0 unspecified atom stereocenters. The average molecular weight is 466 g/mol. The Morgan fingerprint density at radius 3 is 2.75 bits per heavy atom. The van der Waals surface area contributed by atoms with Crippen LogP contribution in [0.15, 0.2) is 39.2 Å². The lowest BCUT2D eigenvalue weighted by atomic mass is 9.99. The van der Waals surface area contributed by atoms with E-state index >= 15 is 0 Å². The number of hydrogen-bond acceptors (Lipinski definition) is 5. The number of hydrogen-bond donors (Lipinski definition) is 0. The van der Waals surface area contributed by atoms with Crippen LogP contribution >= 0.6 is 22.9 Å². The van der Waals surface area contributed by atoms with Crippen LogP contribution in [0.1, 0.15) is 41.4 Å². The van der Waals surface area contributed by atoms with E-state index in [1.54, 1.807) is 23.7 Å². The Morgan fingerprint density at radius 1 is 1.22 bits per heavy atom. The molecule has 5 rings (SSSR count). The highest BCUT2D eigenvalue weighted by molar-refractivity contribution is 7.10. The molecule has 0 saturated heterocycles. The smallest absolute Gasteiger partial charge is 0.331 e. The number of aromatic nitrogens is 4. The van der Waals surface area contributed by atoms with Gasteiger partial charge >= 0.3 is 5.69 Å². The van der Waals surface area contributed by atoms with E-state index in [9.17, 15) is 14.9 Å². The molecule has 1 aromatic carbocycles. The predicted octanol–water partition coefficient (Wildman–Crippen LogP) is 4.00. The first-order chi connectivity index (χ1) is 15.4. The van der Waals surface area contributed by atoms with Crippen LogP contribution in [-0.4, -0.2) is 18.7 Å². The molecule has 1 atom stereocenters. The quantitative estimate of drug-likeness (QED) is 0.447. The van der Waals surface area contributed by atoms with Gasteiger partial charge in [-0.2, -0.15) is 5.26 Å². The van der Waals surface area contributed by atoms with Crippen LogP contribution in [-0.2, 0) is 20.6 Å². The molecule has 0 spiro atoms. The van der Waals surface area contributed by atoms with E-state index in [-0.39, 0.29) is 17.2 Å². The molecule has 0 fully saturated rings. The molecular weight excluding hydrogens is 446 g/mol. The van der Waals surface area contributed by atoms with Crippen molar-refractivity contribution in [1.29, 1.82) is 5.26 Å². The fourth-order valence-electron chi connectivity index (χ4n) is 4.78. The lowest BCUT2D eigenvalue weighted by Crippen LogP contribution is -2.37. The van der Waals surface area contributed by atoms with Gasteiger partial charge in [-0.25, -0.2) is 9.78 Å². The Bertz CT molecular complexity index is 1530. The molecule has 0 amide bonds. The number of rotatable bonds is 2. The van der Waals surface area contributed by atoms with E-state index in [1.807, 2.05) is 17.5 Å². The Labute approximate surface area is 192 Å². The molecule has 1 aliphatic heterocycles. The number of benzene rings is 1. The van der Waals surface area contributed by atoms with Crippen molar-refractivity contribution < 1.29 is 0 Å². The Hall–Kier alpha value is -3.15. The fraction of sp³-hybridized carbons (Fsp3) is 0.304. The fourth-order valence-corrected chi connectivity index (χ4v) is 5.88. The first-order valence-electron chi connectivity index (χ1n) is 10.4. The summed E-state index contributed by atoms with van der Waals surface area (Å²) < 4.78 is 4.87. The Balaban J connectivity index is 1.97. The minimum absolute atomic E-state index is 0.0805. The number of thiazole rings is 1. The predicted molar refractivity (Wildman–Crippen MR) is 125 cm³/mol. The SMILES string of the molecule is Cn1c(=O)c2c(-c3cccc(C#N)c3)n3c(c2n(C)c1=O)[C@@H](c1nc(Cl)cs1)CCCC3. The summed E-state index contributed by atoms with van der Waals surface area (Å²) in [7, 11) is 3.21. The standard InChI is InChI=1S/C23H20ClN5O2S/c1-27-20-17(22(30)28(2)23(27)31)18(14-7-5-6-13(10-14)11-25)29-9-4-3-8-15(19(20)29)21-26-16(24)12-32-21/h5-7,10,12,15H,3-4,8-9H2,1-2H3/t15-/m0/s1. The van der Waals surface area contributed by atoms with Gasteiger partial charge in [0.1, 0.15) is 10.2 Å². The molecule has 4 heterocycles. The topological polar surface area (TPSA) is 85.6 Å². The number of fused-ring (bicyclic) bond motifs is 3. The maximum absolute atomic E-state index is 13.4. The van der Waals surface area contributed by atoms with E-state index in [1.165, 1.54) is 18.4 Å². The van der Waals surface area contributed by atoms with Gasteiger partial charge in [0, 0.05) is 31.6 Å². The van der Waals surface area contributed by atoms with Gasteiger partial charge in [-0.3, -0.25) is 13.9 Å². The minimum atomic E-state index is -0.367. The molecular formula is C23H20ClN5O2S. The second-order valence-electron chi connectivity index (χ2n) is 8.06. The highest BCUT2D eigenvalue weighted by Crippen LogP contribution is 2.43. The second kappa shape index (κ2) is 7.76. The van der Waals surface area contributed by atoms with Crippen molar-refractivity contribution in [3.05, 3.63) is 71.9 Å². The second-order valence-corrected chi connectivity index (χ2v) is 9.34. The summed E-state index contributed by atoms with van der Waals surface area (Å²) in [5.74, 6) is -0.0805. The van der Waals surface area contributed by atoms with Gasteiger partial charge in [0.05, 0.1) is 39.8 Å². The highest BCUT2D eigenvalue weighted by atomic mass is 35.5. The summed E-state index contributed by atoms with van der Waals surface area (Å²) in [6, 6.07) is 9.45. The minimum Gasteiger partial charge on any atom is -0.341 e. The van der Waals surface area contributed by atoms with Crippen molar-refractivity contribution in [2.45, 2.75) is 31.7 Å². The zero-order chi connectivity index (χ0) is 22.6. The highest BCUT2D eigenvalue weighted by Gasteiger charge is 2.32. The Morgan fingerprint density at radius 2 is 2.03 bits per heavy atom. The zero-order valence-electron chi connectivity index (χ0n) is 17.6. The van der Waals surface area contributed by atoms with Crippen molar-refractivity contribution in [2.75, 3.05) is 0 Å². The van der Waals surface area contributed by atoms with Gasteiger partial charge < -0.3 is 4.57 Å². The van der Waals surface area contributed by atoms with Gasteiger partial charge in [0.2, 0.25) is 0 Å². The van der Waals surface area contributed by atoms with E-state index < -0.39 is 0 Å². The molecule has 7 nitrogen and oxygen atoms in total. The summed E-state index contributed by atoms with van der Waals surface area (Å²) in [4.78, 5) is 30.9. The lowest BCUT2D eigenvalue weighted by molar-refractivity contribution is 0.633. The number of aryl methyl sites for hydroxylation is 1. The zero-order valence-corrected chi connectivity index (χ0v) is 19.2. The van der Waals surface area contributed by atoms with Crippen molar-refractivity contribution >= 4 is 33.8 Å². The molecule has 162 valence electrons. The maximum atomic E-state index is 13.4. The van der Waals surface area contributed by atoms with Gasteiger partial charge in [-0.05, 0) is 25.0 Å². The van der Waals surface area contributed by atoms with E-state index in [2.05, 4.69) is 15.6 Å². The number of nitriles is 1.